The van der Waals surface area contributed by atoms with E-state index in [0.717, 1.165) is 18.2 Å². The topological polar surface area (TPSA) is 249 Å². The number of hydrogen-bond acceptors (Lipinski definition) is 18. The van der Waals surface area contributed by atoms with Gasteiger partial charge in [0, 0.05) is 16.6 Å². The number of phenolic OH excluding ortho intramolecular Hbond substituents is 1. The van der Waals surface area contributed by atoms with Crippen molar-refractivity contribution < 1.29 is 113 Å². The summed E-state index contributed by atoms with van der Waals surface area (Å²) in [6.45, 7) is 0. The fourth-order valence-electron chi connectivity index (χ4n) is 3.38. The number of nitrogen functional groups attached to an aromatic ring is 1. The Hall–Kier alpha value is -1.98. The second kappa shape index (κ2) is 17.6. The average Bonchev–Trinajstić information content (AvgIpc) is 2.89. The predicted molar refractivity (Wildman–Crippen MR) is 130 cm³/mol. The Kier molecular flexibility index (Phi) is 16.1. The molecule has 0 unspecified atom stereocenters. The van der Waals surface area contributed by atoms with Crippen LogP contribution in [-0.2, 0) is 28.9 Å². The Labute approximate surface area is 290 Å². The molecule has 0 amide bonds. The van der Waals surface area contributed by atoms with E-state index in [9.17, 15) is 37.4 Å². The van der Waals surface area contributed by atoms with Crippen LogP contribution < -0.4 is 78.1 Å². The maximum Gasteiger partial charge on any atom is 1.00 e. The predicted octanol–water partition coefficient (Wildman–Crippen LogP) is -6.27. The van der Waals surface area contributed by atoms with E-state index in [2.05, 4.69) is 44.3 Å². The average molecular weight is 650 g/mol. The minimum Gasteiger partial charge on any atom is -0.744 e. The number of hydrogen-bond donors (Lipinski definition) is 3. The summed E-state index contributed by atoms with van der Waals surface area (Å²) in [5, 5.41) is 48.0. The molecule has 4 aromatic rings. The van der Waals surface area contributed by atoms with Gasteiger partial charge in [0.2, 0.25) is 5.95 Å². The van der Waals surface area contributed by atoms with Crippen molar-refractivity contribution in [3.8, 4) is 5.75 Å². The van der Waals surface area contributed by atoms with Crippen LogP contribution in [0.25, 0.3) is 10.8 Å². The van der Waals surface area contributed by atoms with E-state index in [-0.39, 0.29) is 94.3 Å². The van der Waals surface area contributed by atoms with Crippen molar-refractivity contribution in [2.45, 2.75) is 14.7 Å². The zero-order chi connectivity index (χ0) is 29.7. The number of aromatic hydroxyl groups is 1. The molecule has 0 radical (unpaired) electrons. The summed E-state index contributed by atoms with van der Waals surface area (Å²) in [6.07, 6.45) is -1.34. The molecule has 3 aromatic carbocycles. The fourth-order valence-corrected chi connectivity index (χ4v) is 4.86. The number of azo groups is 1. The van der Waals surface area contributed by atoms with Gasteiger partial charge in [-0.3, -0.25) is 10.1 Å². The summed E-state index contributed by atoms with van der Waals surface area (Å²) >= 11 is 0.760. The van der Waals surface area contributed by atoms with Gasteiger partial charge in [0.1, 0.15) is 33.1 Å². The Morgan fingerprint density at radius 3 is 2.27 bits per heavy atom. The summed E-state index contributed by atoms with van der Waals surface area (Å²) in [5.74, 6) is -1.96. The maximum absolute atomic E-state index is 13.5. The minimum absolute atomic E-state index is 0. The van der Waals surface area contributed by atoms with Crippen LogP contribution in [0.5, 0.6) is 5.75 Å². The van der Waals surface area contributed by atoms with Crippen molar-refractivity contribution in [3.63, 3.8) is 0 Å². The van der Waals surface area contributed by atoms with E-state index in [0.29, 0.717) is 24.1 Å². The van der Waals surface area contributed by atoms with Gasteiger partial charge in [-0.15, -0.1) is 10.2 Å². The second-order valence-electron chi connectivity index (χ2n) is 7.42. The molecule has 0 atom stereocenters. The second-order valence-corrected chi connectivity index (χ2v) is 10.3. The monoisotopic (exact) mass is 650 g/mol. The molecule has 0 aliphatic rings. The normalized spacial score (nSPS) is 11.1. The molecule has 216 valence electrons. The van der Waals surface area contributed by atoms with E-state index < -0.39 is 44.2 Å². The van der Waals surface area contributed by atoms with E-state index in [1.165, 1.54) is 24.3 Å². The molecule has 44 heavy (non-hydrogen) atoms. The molecule has 0 bridgehead atoms. The van der Waals surface area contributed by atoms with Gasteiger partial charge in [-0.1, -0.05) is 0 Å². The number of nitrogens with zero attached hydrogens (tertiary/aromatic N) is 4. The van der Waals surface area contributed by atoms with Crippen LogP contribution in [0.4, 0.5) is 37.3 Å². The van der Waals surface area contributed by atoms with E-state index in [1.54, 1.807) is 0 Å². The number of aromatic nitrogens is 2. The Bertz CT molecular complexity index is 1740. The molecule has 1 aromatic heterocycles. The molecule has 24 heteroatoms. The molecule has 0 aliphatic heterocycles. The maximum atomic E-state index is 13.5. The van der Waals surface area contributed by atoms with Gasteiger partial charge in [0.15, 0.2) is 0 Å². The van der Waals surface area contributed by atoms with Crippen LogP contribution in [0.1, 0.15) is 0 Å². The minimum atomic E-state index is -5.17. The number of rotatable bonds is 11. The van der Waals surface area contributed by atoms with Crippen LogP contribution in [0, 0.1) is 12.0 Å². The van der Waals surface area contributed by atoms with Crippen molar-refractivity contribution in [1.29, 1.82) is 0 Å². The molecule has 0 fully saturated rings. The zero-order valence-corrected chi connectivity index (χ0v) is 25.0. The molecule has 16 nitrogen and oxygen atoms in total. The Balaban J connectivity index is 0.00000323. The third kappa shape index (κ3) is 10.0. The molecule has 0 saturated carbocycles. The third-order valence-electron chi connectivity index (χ3n) is 4.90. The standard InChI is InChI=1S/C20H14F2N6O10S3.3Li/c21-15-7-16(26-20(22)25-15)24-9-1-2-13(40-38-36-31)11(5-9)27-28-19-17-8(4-14(18(19)23)41(32,33)34)3-10(6-12(17)29)39-37-35-30;;;/h1-7,29-31H,23H2,(H,24,25,26)(H,32,33,34);;;/q;3*+1/p-3. The third-order valence-corrected chi connectivity index (χ3v) is 6.98. The van der Waals surface area contributed by atoms with Crippen LogP contribution in [-0.4, -0.2) is 28.0 Å². The number of nitrogens with two attached hydrogens (primary N) is 1. The van der Waals surface area contributed by atoms with Gasteiger partial charge < -0.3 is 31.2 Å². The van der Waals surface area contributed by atoms with Crippen molar-refractivity contribution in [2.75, 3.05) is 11.1 Å². The summed E-state index contributed by atoms with van der Waals surface area (Å²) in [5.41, 5.74) is 4.85. The first-order chi connectivity index (χ1) is 19.5. The molecule has 0 aliphatic carbocycles. The first kappa shape index (κ1) is 40.0. The number of benzene rings is 3. The summed E-state index contributed by atoms with van der Waals surface area (Å²) < 4.78 is 71.1. The summed E-state index contributed by atoms with van der Waals surface area (Å²) in [6, 6.07) is 7.96. The van der Waals surface area contributed by atoms with Crippen molar-refractivity contribution >= 4 is 73.5 Å². The number of fused-ring (bicyclic) bond motifs is 1. The molecule has 1 heterocycles. The van der Waals surface area contributed by atoms with Crippen LogP contribution in [0.3, 0.4) is 0 Å². The van der Waals surface area contributed by atoms with Gasteiger partial charge >= 0.3 is 62.7 Å². The number of anilines is 3. The zero-order valence-electron chi connectivity index (χ0n) is 22.5. The van der Waals surface area contributed by atoms with Crippen molar-refractivity contribution in [1.82, 2.24) is 9.97 Å². The van der Waals surface area contributed by atoms with E-state index in [1.807, 2.05) is 0 Å². The summed E-state index contributed by atoms with van der Waals surface area (Å²) in [7, 11) is -5.17. The molecular formula is C20H11F2Li3N6O10S3. The van der Waals surface area contributed by atoms with Gasteiger partial charge in [-0.05, 0) is 41.8 Å². The number of halogens is 2. The molecule has 0 saturated heterocycles. The fraction of sp³-hybridized carbons (Fsp3) is 0. The molecule has 4 N–H and O–H groups in total. The first-order valence-corrected chi connectivity index (χ1v) is 13.2. The van der Waals surface area contributed by atoms with Crippen LogP contribution in [0.2, 0.25) is 0 Å². The molecule has 4 rings (SSSR count). The SMILES string of the molecule is Nc1c(S(=O)(=O)[O-])cc2cc(SOO[O-])cc(O)c2c1N=Nc1cc(Nc2cc(F)nc(F)n2)ccc1SOO[O-].[Li+].[Li+].[Li+]. The molecular weight excluding hydrogens is 639 g/mol. The number of phenols is 1. The van der Waals surface area contributed by atoms with Crippen LogP contribution >= 0.6 is 24.1 Å². The number of nitrogens with one attached hydrogen (secondary N) is 1. The molecule has 0 spiro atoms. The summed E-state index contributed by atoms with van der Waals surface area (Å²) in [4.78, 5) is 5.53. The van der Waals surface area contributed by atoms with E-state index in [4.69, 9.17) is 5.73 Å². The van der Waals surface area contributed by atoms with Gasteiger partial charge in [-0.2, -0.15) is 27.4 Å². The van der Waals surface area contributed by atoms with Crippen LogP contribution in [0.15, 0.2) is 67.4 Å². The van der Waals surface area contributed by atoms with Gasteiger partial charge in [-0.25, -0.2) is 8.42 Å². The quantitative estimate of drug-likeness (QED) is 0.0157. The van der Waals surface area contributed by atoms with Gasteiger partial charge in [0.25, 0.3) is 0 Å². The van der Waals surface area contributed by atoms with Crippen molar-refractivity contribution in [3.05, 3.63) is 54.5 Å². The van der Waals surface area contributed by atoms with Crippen molar-refractivity contribution in [2.24, 2.45) is 10.2 Å². The first-order valence-electron chi connectivity index (χ1n) is 10.3. The van der Waals surface area contributed by atoms with E-state index >= 15 is 0 Å². The Morgan fingerprint density at radius 2 is 1.64 bits per heavy atom. The Morgan fingerprint density at radius 1 is 0.955 bits per heavy atom. The van der Waals surface area contributed by atoms with Gasteiger partial charge in [0.05, 0.1) is 45.0 Å². The largest absolute Gasteiger partial charge is 1.00 e. The smallest absolute Gasteiger partial charge is 0.744 e.